The number of anilines is 1. The van der Waals surface area contributed by atoms with Crippen molar-refractivity contribution in [2.45, 2.75) is 33.7 Å². The third-order valence-electron chi connectivity index (χ3n) is 4.49. The number of rotatable bonds is 3. The Morgan fingerprint density at radius 1 is 1.15 bits per heavy atom. The lowest BCUT2D eigenvalue weighted by atomic mass is 9.83. The largest absolute Gasteiger partial charge is 0.506 e. The van der Waals surface area contributed by atoms with Gasteiger partial charge in [0.2, 0.25) is 0 Å². The van der Waals surface area contributed by atoms with Gasteiger partial charge in [-0.2, -0.15) is 0 Å². The van der Waals surface area contributed by atoms with E-state index in [9.17, 15) is 19.8 Å². The number of hydrogen-bond acceptors (Lipinski definition) is 5. The molecule has 1 aromatic heterocycles. The summed E-state index contributed by atoms with van der Waals surface area (Å²) < 4.78 is 0. The Balaban J connectivity index is 2.25. The fourth-order valence-corrected chi connectivity index (χ4v) is 3.13. The van der Waals surface area contributed by atoms with Gasteiger partial charge in [-0.25, -0.2) is 0 Å². The van der Waals surface area contributed by atoms with Crippen LogP contribution in [0.1, 0.15) is 38.1 Å². The molecule has 1 amide bonds. The molecule has 0 fully saturated rings. The first-order valence-electron chi connectivity index (χ1n) is 8.65. The zero-order valence-corrected chi connectivity index (χ0v) is 15.7. The van der Waals surface area contributed by atoms with Crippen LogP contribution in [0.3, 0.4) is 0 Å². The number of aliphatic hydroxyl groups excluding tert-OH is 1. The molecule has 0 spiro atoms. The summed E-state index contributed by atoms with van der Waals surface area (Å²) in [5.41, 5.74) is 0.668. The number of carbonyl (C=O) groups is 2. The highest BCUT2D eigenvalue weighted by molar-refractivity contribution is 6.17. The highest BCUT2D eigenvalue weighted by atomic mass is 16.3. The maximum absolute atomic E-state index is 13.0. The molecule has 0 bridgehead atoms. The van der Waals surface area contributed by atoms with E-state index in [0.717, 1.165) is 5.56 Å². The summed E-state index contributed by atoms with van der Waals surface area (Å²) in [7, 11) is 0. The van der Waals surface area contributed by atoms with Gasteiger partial charge in [-0.15, -0.1) is 0 Å². The summed E-state index contributed by atoms with van der Waals surface area (Å²) in [4.78, 5) is 31.5. The number of ketones is 1. The minimum Gasteiger partial charge on any atom is -0.506 e. The molecule has 3 rings (SSSR count). The van der Waals surface area contributed by atoms with Crippen LogP contribution in [-0.4, -0.2) is 26.9 Å². The Morgan fingerprint density at radius 2 is 1.85 bits per heavy atom. The molecule has 1 atom stereocenters. The van der Waals surface area contributed by atoms with E-state index in [1.165, 1.54) is 11.0 Å². The van der Waals surface area contributed by atoms with E-state index in [1.807, 2.05) is 6.92 Å². The lowest BCUT2D eigenvalue weighted by Crippen LogP contribution is -2.33. The van der Waals surface area contributed by atoms with Crippen molar-refractivity contribution in [3.05, 3.63) is 65.2 Å². The van der Waals surface area contributed by atoms with Crippen LogP contribution in [0.2, 0.25) is 0 Å². The van der Waals surface area contributed by atoms with Gasteiger partial charge in [0.15, 0.2) is 11.5 Å². The van der Waals surface area contributed by atoms with Crippen molar-refractivity contribution in [1.29, 1.82) is 0 Å². The SMILES string of the molecule is Cc1ccc(O)c(N2C(=O)C(O)=C(C(=O)C(C)(C)C)C2c2ccccn2)c1. The van der Waals surface area contributed by atoms with E-state index in [-0.39, 0.29) is 22.8 Å². The van der Waals surface area contributed by atoms with Crippen molar-refractivity contribution in [1.82, 2.24) is 4.98 Å². The van der Waals surface area contributed by atoms with Gasteiger partial charge in [0, 0.05) is 11.6 Å². The number of benzene rings is 1. The van der Waals surface area contributed by atoms with Crippen LogP contribution in [0.4, 0.5) is 5.69 Å². The van der Waals surface area contributed by atoms with Gasteiger partial charge >= 0.3 is 0 Å². The number of nitrogens with zero attached hydrogens (tertiary/aromatic N) is 2. The molecule has 2 N–H and O–H groups in total. The van der Waals surface area contributed by atoms with E-state index in [0.29, 0.717) is 5.69 Å². The van der Waals surface area contributed by atoms with Crippen LogP contribution >= 0.6 is 0 Å². The predicted octanol–water partition coefficient (Wildman–Crippen LogP) is 3.61. The first-order chi connectivity index (χ1) is 12.6. The van der Waals surface area contributed by atoms with E-state index < -0.39 is 23.1 Å². The van der Waals surface area contributed by atoms with Crippen LogP contribution in [0.25, 0.3) is 0 Å². The number of aryl methyl sites for hydroxylation is 1. The molecule has 27 heavy (non-hydrogen) atoms. The monoisotopic (exact) mass is 366 g/mol. The number of hydrogen-bond donors (Lipinski definition) is 2. The lowest BCUT2D eigenvalue weighted by Gasteiger charge is -2.28. The van der Waals surface area contributed by atoms with Gasteiger partial charge in [-0.3, -0.25) is 19.5 Å². The Morgan fingerprint density at radius 3 is 2.44 bits per heavy atom. The molecule has 1 unspecified atom stereocenters. The molecule has 1 aromatic carbocycles. The lowest BCUT2D eigenvalue weighted by molar-refractivity contribution is -0.123. The second kappa shape index (κ2) is 6.54. The molecule has 2 aromatic rings. The van der Waals surface area contributed by atoms with Crippen LogP contribution in [-0.2, 0) is 9.59 Å². The number of aromatic hydroxyl groups is 1. The zero-order valence-electron chi connectivity index (χ0n) is 15.7. The smallest absolute Gasteiger partial charge is 0.294 e. The fourth-order valence-electron chi connectivity index (χ4n) is 3.13. The van der Waals surface area contributed by atoms with E-state index in [4.69, 9.17) is 0 Å². The van der Waals surface area contributed by atoms with E-state index in [1.54, 1.807) is 57.3 Å². The van der Waals surface area contributed by atoms with E-state index >= 15 is 0 Å². The zero-order chi connectivity index (χ0) is 19.9. The molecule has 6 nitrogen and oxygen atoms in total. The average molecular weight is 366 g/mol. The first kappa shape index (κ1) is 18.6. The number of phenols is 1. The number of phenolic OH excluding ortho intramolecular Hbond substituents is 1. The summed E-state index contributed by atoms with van der Waals surface area (Å²) >= 11 is 0. The fraction of sp³-hybridized carbons (Fsp3) is 0.286. The molecule has 2 heterocycles. The summed E-state index contributed by atoms with van der Waals surface area (Å²) in [5.74, 6) is -1.81. The number of amides is 1. The second-order valence-electron chi connectivity index (χ2n) is 7.67. The van der Waals surface area contributed by atoms with Crippen LogP contribution in [0.5, 0.6) is 5.75 Å². The van der Waals surface area contributed by atoms with Gasteiger partial charge in [0.1, 0.15) is 11.8 Å². The second-order valence-corrected chi connectivity index (χ2v) is 7.67. The quantitative estimate of drug-likeness (QED) is 0.866. The minimum atomic E-state index is -0.918. The summed E-state index contributed by atoms with van der Waals surface area (Å²) in [6, 6.07) is 9.07. The van der Waals surface area contributed by atoms with Crippen molar-refractivity contribution < 1.29 is 19.8 Å². The van der Waals surface area contributed by atoms with Crippen LogP contribution in [0.15, 0.2) is 53.9 Å². The third kappa shape index (κ3) is 3.18. The van der Waals surface area contributed by atoms with Crippen molar-refractivity contribution in [3.8, 4) is 5.75 Å². The molecule has 1 aliphatic heterocycles. The summed E-state index contributed by atoms with van der Waals surface area (Å²) in [6.45, 7) is 7.00. The van der Waals surface area contributed by atoms with Gasteiger partial charge in [-0.05, 0) is 36.8 Å². The topological polar surface area (TPSA) is 90.7 Å². The average Bonchev–Trinajstić information content (AvgIpc) is 2.88. The molecular weight excluding hydrogens is 344 g/mol. The Bertz CT molecular complexity index is 942. The molecule has 140 valence electrons. The highest BCUT2D eigenvalue weighted by Crippen LogP contribution is 2.45. The molecule has 0 saturated carbocycles. The van der Waals surface area contributed by atoms with Crippen LogP contribution in [0, 0.1) is 12.3 Å². The van der Waals surface area contributed by atoms with Gasteiger partial charge in [-0.1, -0.05) is 32.9 Å². The number of pyridine rings is 1. The molecular formula is C21H22N2O4. The summed E-state index contributed by atoms with van der Waals surface area (Å²) in [6.07, 6.45) is 1.56. The van der Waals surface area contributed by atoms with Crippen molar-refractivity contribution in [2.24, 2.45) is 5.41 Å². The Hall–Kier alpha value is -3.15. The minimum absolute atomic E-state index is 0.00731. The van der Waals surface area contributed by atoms with E-state index in [2.05, 4.69) is 4.98 Å². The number of aliphatic hydroxyl groups is 1. The highest BCUT2D eigenvalue weighted by Gasteiger charge is 2.47. The normalized spacial score (nSPS) is 17.6. The molecule has 6 heteroatoms. The molecule has 0 aliphatic carbocycles. The maximum Gasteiger partial charge on any atom is 0.294 e. The van der Waals surface area contributed by atoms with Gasteiger partial charge in [0.25, 0.3) is 5.91 Å². The number of Topliss-reactive ketones (excluding diaryl/α,β-unsaturated/α-hetero) is 1. The van der Waals surface area contributed by atoms with Crippen LogP contribution < -0.4 is 4.90 Å². The maximum atomic E-state index is 13.0. The van der Waals surface area contributed by atoms with Crippen molar-refractivity contribution in [3.63, 3.8) is 0 Å². The molecule has 1 aliphatic rings. The Kier molecular flexibility index (Phi) is 4.51. The third-order valence-corrected chi connectivity index (χ3v) is 4.49. The van der Waals surface area contributed by atoms with Gasteiger partial charge < -0.3 is 10.2 Å². The van der Waals surface area contributed by atoms with Crippen molar-refractivity contribution >= 4 is 17.4 Å². The molecule has 0 saturated heterocycles. The molecule has 0 radical (unpaired) electrons. The predicted molar refractivity (Wildman–Crippen MR) is 101 cm³/mol. The van der Waals surface area contributed by atoms with Crippen molar-refractivity contribution in [2.75, 3.05) is 4.90 Å². The summed E-state index contributed by atoms with van der Waals surface area (Å²) in [5, 5.41) is 20.9. The first-order valence-corrected chi connectivity index (χ1v) is 8.65. The number of aromatic nitrogens is 1. The number of carbonyl (C=O) groups excluding carboxylic acids is 2. The van der Waals surface area contributed by atoms with Gasteiger partial charge in [0.05, 0.1) is 17.0 Å². The standard InChI is InChI=1S/C21H22N2O4/c1-12-8-9-15(24)14(11-12)23-17(13-7-5-6-10-22-13)16(18(25)20(23)27)19(26)21(2,3)4/h5-11,17,24-25H,1-4H3. The Labute approximate surface area is 157 Å².